The molecule has 2 N–H and O–H groups in total. The van der Waals surface area contributed by atoms with E-state index in [1.165, 1.54) is 28.6 Å². The summed E-state index contributed by atoms with van der Waals surface area (Å²) in [5, 5.41) is 1.28. The molecule has 2 heterocycles. The maximum absolute atomic E-state index is 13.6. The number of para-hydroxylation sites is 1. The molecule has 0 radical (unpaired) electrons. The number of primary amides is 1. The van der Waals surface area contributed by atoms with E-state index in [2.05, 4.69) is 0 Å². The van der Waals surface area contributed by atoms with E-state index in [4.69, 9.17) is 10.7 Å². The van der Waals surface area contributed by atoms with Crippen molar-refractivity contribution in [3.05, 3.63) is 50.6 Å². The van der Waals surface area contributed by atoms with Gasteiger partial charge in [-0.3, -0.25) is 14.2 Å². The number of hydrogen-bond acceptors (Lipinski definition) is 5. The van der Waals surface area contributed by atoms with E-state index in [0.717, 1.165) is 47.2 Å². The van der Waals surface area contributed by atoms with Crippen molar-refractivity contribution in [2.75, 3.05) is 5.75 Å². The van der Waals surface area contributed by atoms with Crippen LogP contribution in [0.3, 0.4) is 0 Å². The number of nitrogens with zero attached hydrogens (tertiary/aromatic N) is 2. The van der Waals surface area contributed by atoms with Gasteiger partial charge in [-0.15, -0.1) is 11.3 Å². The van der Waals surface area contributed by atoms with E-state index in [9.17, 15) is 9.59 Å². The van der Waals surface area contributed by atoms with Gasteiger partial charge in [-0.25, -0.2) is 4.98 Å². The second-order valence-electron chi connectivity index (χ2n) is 6.82. The number of fused-ring (bicyclic) bond motifs is 3. The zero-order chi connectivity index (χ0) is 19.0. The zero-order valence-electron chi connectivity index (χ0n) is 15.2. The van der Waals surface area contributed by atoms with Crippen LogP contribution in [-0.2, 0) is 17.6 Å². The smallest absolute Gasteiger partial charge is 0.267 e. The van der Waals surface area contributed by atoms with Gasteiger partial charge in [-0.2, -0.15) is 0 Å². The van der Waals surface area contributed by atoms with Crippen molar-refractivity contribution >= 4 is 39.2 Å². The normalized spacial score (nSPS) is 14.1. The molecule has 1 aromatic carbocycles. The monoisotopic (exact) mass is 399 g/mol. The number of benzene rings is 1. The topological polar surface area (TPSA) is 78.0 Å². The number of carbonyl (C=O) groups is 1. The summed E-state index contributed by atoms with van der Waals surface area (Å²) in [6.07, 6.45) is 5.43. The quantitative estimate of drug-likeness (QED) is 0.413. The number of thioether (sulfide) groups is 1. The maximum Gasteiger partial charge on any atom is 0.267 e. The number of carbonyl (C=O) groups excluding carboxylic acids is 1. The van der Waals surface area contributed by atoms with Crippen molar-refractivity contribution in [1.29, 1.82) is 0 Å². The number of hydrogen-bond donors (Lipinski definition) is 1. The first kappa shape index (κ1) is 18.3. The Labute approximate surface area is 165 Å². The highest BCUT2D eigenvalue weighted by atomic mass is 32.2. The minimum Gasteiger partial charge on any atom is -0.369 e. The van der Waals surface area contributed by atoms with Crippen LogP contribution in [-0.4, -0.2) is 21.2 Å². The molecule has 1 aliphatic carbocycles. The lowest BCUT2D eigenvalue weighted by atomic mass is 10.1. The molecule has 0 bridgehead atoms. The van der Waals surface area contributed by atoms with E-state index < -0.39 is 5.91 Å². The number of nitrogens with two attached hydrogens (primary N) is 1. The van der Waals surface area contributed by atoms with Gasteiger partial charge in [0.1, 0.15) is 4.83 Å². The molecular weight excluding hydrogens is 378 g/mol. The molecule has 0 unspecified atom stereocenters. The van der Waals surface area contributed by atoms with Crippen LogP contribution in [0.25, 0.3) is 15.9 Å². The molecule has 0 fully saturated rings. The molecule has 0 saturated heterocycles. The minimum atomic E-state index is -0.423. The first-order valence-electron chi connectivity index (χ1n) is 9.10. The molecule has 7 heteroatoms. The van der Waals surface area contributed by atoms with Crippen LogP contribution in [0.1, 0.15) is 35.3 Å². The average molecular weight is 400 g/mol. The molecule has 5 nitrogen and oxygen atoms in total. The first-order valence-corrected chi connectivity index (χ1v) is 10.9. The minimum absolute atomic E-state index is 0.0410. The number of amides is 1. The number of thiophene rings is 1. The van der Waals surface area contributed by atoms with E-state index in [1.54, 1.807) is 15.9 Å². The molecule has 1 amide bonds. The molecule has 2 aromatic heterocycles. The van der Waals surface area contributed by atoms with Crippen molar-refractivity contribution in [1.82, 2.24) is 9.55 Å². The average Bonchev–Trinajstić information content (AvgIpc) is 2.82. The third kappa shape index (κ3) is 3.41. The lowest BCUT2D eigenvalue weighted by molar-refractivity contribution is -0.115. The molecular formula is C20H21N3O2S2. The third-order valence-corrected chi connectivity index (χ3v) is 7.05. The van der Waals surface area contributed by atoms with Gasteiger partial charge in [0.25, 0.3) is 5.56 Å². The van der Waals surface area contributed by atoms with Crippen molar-refractivity contribution in [2.24, 2.45) is 5.73 Å². The van der Waals surface area contributed by atoms with Gasteiger partial charge in [0, 0.05) is 4.88 Å². The largest absolute Gasteiger partial charge is 0.369 e. The fourth-order valence-corrected chi connectivity index (χ4v) is 5.67. The Morgan fingerprint density at radius 2 is 2.04 bits per heavy atom. The first-order chi connectivity index (χ1) is 13.1. The summed E-state index contributed by atoms with van der Waals surface area (Å²) in [7, 11) is 0. The van der Waals surface area contributed by atoms with E-state index in [-0.39, 0.29) is 11.3 Å². The summed E-state index contributed by atoms with van der Waals surface area (Å²) in [4.78, 5) is 31.8. The molecule has 140 valence electrons. The Morgan fingerprint density at radius 1 is 1.26 bits per heavy atom. The Balaban J connectivity index is 2.00. The van der Waals surface area contributed by atoms with E-state index in [1.807, 2.05) is 31.2 Å². The maximum atomic E-state index is 13.6. The van der Waals surface area contributed by atoms with Crippen LogP contribution in [0, 0.1) is 6.92 Å². The number of rotatable bonds is 4. The van der Waals surface area contributed by atoms with Crippen molar-refractivity contribution in [3.63, 3.8) is 0 Å². The SMILES string of the molecule is Cc1ccccc1-n1c(SCC(N)=O)nc2sc3c(c2c1=O)CCCCC3. The highest BCUT2D eigenvalue weighted by molar-refractivity contribution is 7.99. The molecule has 0 saturated carbocycles. The van der Waals surface area contributed by atoms with Gasteiger partial charge >= 0.3 is 0 Å². The predicted octanol–water partition coefficient (Wildman–Crippen LogP) is 3.60. The zero-order valence-corrected chi connectivity index (χ0v) is 16.8. The van der Waals surface area contributed by atoms with Crippen LogP contribution in [0.5, 0.6) is 0 Å². The molecule has 0 spiro atoms. The third-order valence-electron chi connectivity index (χ3n) is 4.91. The standard InChI is InChI=1S/C20H21N3O2S2/c1-12-7-5-6-9-14(12)23-19(25)17-13-8-3-2-4-10-15(13)27-18(17)22-20(23)26-11-16(21)24/h5-7,9H,2-4,8,10-11H2,1H3,(H2,21,24). The summed E-state index contributed by atoms with van der Waals surface area (Å²) in [5.41, 5.74) is 8.26. The Morgan fingerprint density at radius 3 is 2.81 bits per heavy atom. The predicted molar refractivity (Wildman–Crippen MR) is 111 cm³/mol. The molecule has 4 rings (SSSR count). The molecule has 27 heavy (non-hydrogen) atoms. The summed E-state index contributed by atoms with van der Waals surface area (Å²) < 4.78 is 1.66. The van der Waals surface area contributed by atoms with Crippen LogP contribution in [0.4, 0.5) is 0 Å². The van der Waals surface area contributed by atoms with Crippen LogP contribution < -0.4 is 11.3 Å². The van der Waals surface area contributed by atoms with Crippen molar-refractivity contribution in [2.45, 2.75) is 44.2 Å². The van der Waals surface area contributed by atoms with Gasteiger partial charge in [0.15, 0.2) is 5.16 Å². The van der Waals surface area contributed by atoms with E-state index in [0.29, 0.717) is 5.16 Å². The van der Waals surface area contributed by atoms with Crippen LogP contribution >= 0.6 is 23.1 Å². The summed E-state index contributed by atoms with van der Waals surface area (Å²) in [6, 6.07) is 7.75. The second kappa shape index (κ2) is 7.48. The molecule has 0 aliphatic heterocycles. The van der Waals surface area contributed by atoms with Gasteiger partial charge in [0.2, 0.25) is 5.91 Å². The molecule has 3 aromatic rings. The van der Waals surface area contributed by atoms with Gasteiger partial charge < -0.3 is 5.73 Å². The summed E-state index contributed by atoms with van der Waals surface area (Å²) >= 11 is 2.85. The summed E-state index contributed by atoms with van der Waals surface area (Å²) in [5.74, 6) is -0.331. The van der Waals surface area contributed by atoms with Crippen LogP contribution in [0.2, 0.25) is 0 Å². The molecule has 0 atom stereocenters. The fourth-order valence-electron chi connectivity index (χ4n) is 3.62. The van der Waals surface area contributed by atoms with Crippen LogP contribution in [0.15, 0.2) is 34.2 Å². The van der Waals surface area contributed by atoms with Gasteiger partial charge in [-0.1, -0.05) is 36.4 Å². The lowest BCUT2D eigenvalue weighted by Gasteiger charge is -2.14. The van der Waals surface area contributed by atoms with Crippen molar-refractivity contribution < 1.29 is 4.79 Å². The Kier molecular flexibility index (Phi) is 5.06. The molecule has 1 aliphatic rings. The highest BCUT2D eigenvalue weighted by Crippen LogP contribution is 2.34. The number of aromatic nitrogens is 2. The second-order valence-corrected chi connectivity index (χ2v) is 8.85. The van der Waals surface area contributed by atoms with E-state index >= 15 is 0 Å². The fraction of sp³-hybridized carbons (Fsp3) is 0.350. The highest BCUT2D eigenvalue weighted by Gasteiger charge is 2.22. The number of aryl methyl sites for hydroxylation is 3. The Hall–Kier alpha value is -2.12. The lowest BCUT2D eigenvalue weighted by Crippen LogP contribution is -2.23. The van der Waals surface area contributed by atoms with Crippen molar-refractivity contribution in [3.8, 4) is 5.69 Å². The van der Waals surface area contributed by atoms with Gasteiger partial charge in [-0.05, 0) is 49.8 Å². The Bertz CT molecular complexity index is 1080. The summed E-state index contributed by atoms with van der Waals surface area (Å²) in [6.45, 7) is 1.97. The van der Waals surface area contributed by atoms with Gasteiger partial charge in [0.05, 0.1) is 16.8 Å².